The molecule has 98 valence electrons. The number of amides is 2. The third-order valence-corrected chi connectivity index (χ3v) is 2.17. The average Bonchev–Trinajstić information content (AvgIpc) is 2.87. The molecule has 0 fully saturated rings. The van der Waals surface area contributed by atoms with Crippen LogP contribution in [0.4, 0.5) is 0 Å². The van der Waals surface area contributed by atoms with Gasteiger partial charge in [0.25, 0.3) is 0 Å². The van der Waals surface area contributed by atoms with Crippen LogP contribution in [0.15, 0.2) is 28.9 Å². The molecule has 0 bridgehead atoms. The Hall–Kier alpha value is -2.04. The lowest BCUT2D eigenvalue weighted by Crippen LogP contribution is -2.30. The zero-order chi connectivity index (χ0) is 13.2. The van der Waals surface area contributed by atoms with Crippen LogP contribution in [0, 0.1) is 0 Å². The minimum atomic E-state index is -0.241. The Labute approximate surface area is 106 Å². The van der Waals surface area contributed by atoms with Crippen LogP contribution in [0.2, 0.25) is 0 Å². The van der Waals surface area contributed by atoms with Crippen molar-refractivity contribution in [3.8, 4) is 0 Å². The molecule has 0 aliphatic heterocycles. The molecule has 2 amide bonds. The zero-order valence-electron chi connectivity index (χ0n) is 10.4. The van der Waals surface area contributed by atoms with Crippen LogP contribution < -0.4 is 10.6 Å². The zero-order valence-corrected chi connectivity index (χ0v) is 10.4. The van der Waals surface area contributed by atoms with Crippen LogP contribution >= 0.6 is 0 Å². The fraction of sp³-hybridized carbons (Fsp3) is 0.385. The lowest BCUT2D eigenvalue weighted by Gasteiger charge is -2.03. The Morgan fingerprint density at radius 3 is 2.83 bits per heavy atom. The topological polar surface area (TPSA) is 71.3 Å². The predicted molar refractivity (Wildman–Crippen MR) is 68.7 cm³/mol. The fourth-order valence-electron chi connectivity index (χ4n) is 1.25. The summed E-state index contributed by atoms with van der Waals surface area (Å²) in [7, 11) is 0. The van der Waals surface area contributed by atoms with Crippen molar-refractivity contribution in [1.82, 2.24) is 10.6 Å². The minimum Gasteiger partial charge on any atom is -0.465 e. The second-order valence-corrected chi connectivity index (χ2v) is 3.74. The lowest BCUT2D eigenvalue weighted by molar-refractivity contribution is -0.121. The summed E-state index contributed by atoms with van der Waals surface area (Å²) in [5, 5.41) is 5.36. The van der Waals surface area contributed by atoms with E-state index in [9.17, 15) is 9.59 Å². The monoisotopic (exact) mass is 250 g/mol. The summed E-state index contributed by atoms with van der Waals surface area (Å²) in [6.07, 6.45) is 5.69. The van der Waals surface area contributed by atoms with Crippen LogP contribution in [0.25, 0.3) is 6.08 Å². The van der Waals surface area contributed by atoms with E-state index in [1.807, 2.05) is 6.92 Å². The summed E-state index contributed by atoms with van der Waals surface area (Å²) in [4.78, 5) is 22.6. The van der Waals surface area contributed by atoms with E-state index in [2.05, 4.69) is 10.6 Å². The van der Waals surface area contributed by atoms with Crippen molar-refractivity contribution in [2.24, 2.45) is 0 Å². The number of carbonyl (C=O) groups excluding carboxylic acids is 2. The van der Waals surface area contributed by atoms with E-state index in [0.29, 0.717) is 25.3 Å². The maximum absolute atomic E-state index is 11.4. The highest BCUT2D eigenvalue weighted by Crippen LogP contribution is 2.01. The van der Waals surface area contributed by atoms with E-state index in [1.54, 1.807) is 18.2 Å². The van der Waals surface area contributed by atoms with E-state index in [4.69, 9.17) is 4.42 Å². The minimum absolute atomic E-state index is 0.0489. The van der Waals surface area contributed by atoms with E-state index in [0.717, 1.165) is 6.42 Å². The van der Waals surface area contributed by atoms with Crippen LogP contribution in [0.3, 0.4) is 0 Å². The molecule has 5 nitrogen and oxygen atoms in total. The molecule has 0 aromatic carbocycles. The molecular weight excluding hydrogens is 232 g/mol. The number of carbonyl (C=O) groups is 2. The van der Waals surface area contributed by atoms with Gasteiger partial charge in [0.2, 0.25) is 11.8 Å². The second-order valence-electron chi connectivity index (χ2n) is 3.74. The van der Waals surface area contributed by atoms with Gasteiger partial charge < -0.3 is 15.1 Å². The SMILES string of the molecule is CCCNC(=O)CCNC(=O)C=Cc1ccco1. The quantitative estimate of drug-likeness (QED) is 0.717. The van der Waals surface area contributed by atoms with Gasteiger partial charge in [-0.15, -0.1) is 0 Å². The van der Waals surface area contributed by atoms with Crippen molar-refractivity contribution >= 4 is 17.9 Å². The van der Waals surface area contributed by atoms with Crippen molar-refractivity contribution in [3.63, 3.8) is 0 Å². The first-order valence-electron chi connectivity index (χ1n) is 5.98. The summed E-state index contributed by atoms with van der Waals surface area (Å²) in [5.41, 5.74) is 0. The lowest BCUT2D eigenvalue weighted by atomic mass is 10.3. The molecule has 1 heterocycles. The molecule has 0 unspecified atom stereocenters. The molecule has 1 aromatic heterocycles. The molecule has 0 saturated carbocycles. The van der Waals surface area contributed by atoms with Gasteiger partial charge in [-0.05, 0) is 24.6 Å². The molecule has 0 spiro atoms. The van der Waals surface area contributed by atoms with Crippen molar-refractivity contribution < 1.29 is 14.0 Å². The summed E-state index contributed by atoms with van der Waals surface area (Å²) < 4.78 is 5.04. The van der Waals surface area contributed by atoms with Gasteiger partial charge in [-0.2, -0.15) is 0 Å². The normalized spacial score (nSPS) is 10.5. The summed E-state index contributed by atoms with van der Waals surface area (Å²) in [6, 6.07) is 3.50. The maximum Gasteiger partial charge on any atom is 0.244 e. The van der Waals surface area contributed by atoms with Crippen LogP contribution in [0.1, 0.15) is 25.5 Å². The Morgan fingerprint density at radius 1 is 1.33 bits per heavy atom. The molecule has 18 heavy (non-hydrogen) atoms. The molecule has 2 N–H and O–H groups in total. The van der Waals surface area contributed by atoms with Crippen LogP contribution in [-0.4, -0.2) is 24.9 Å². The van der Waals surface area contributed by atoms with Crippen molar-refractivity contribution in [2.45, 2.75) is 19.8 Å². The van der Waals surface area contributed by atoms with Gasteiger partial charge in [-0.25, -0.2) is 0 Å². The number of nitrogens with one attached hydrogen (secondary N) is 2. The van der Waals surface area contributed by atoms with Crippen LogP contribution in [-0.2, 0) is 9.59 Å². The molecule has 0 radical (unpaired) electrons. The third-order valence-electron chi connectivity index (χ3n) is 2.17. The Kier molecular flexibility index (Phi) is 6.32. The van der Waals surface area contributed by atoms with Crippen molar-refractivity contribution in [2.75, 3.05) is 13.1 Å². The molecule has 1 aromatic rings. The Morgan fingerprint density at radius 2 is 2.17 bits per heavy atom. The first-order valence-corrected chi connectivity index (χ1v) is 5.98. The standard InChI is InChI=1S/C13H18N2O3/c1-2-8-14-13(17)7-9-15-12(16)6-5-11-4-3-10-18-11/h3-6,10H,2,7-9H2,1H3,(H,14,17)(H,15,16). The molecule has 0 saturated heterocycles. The van der Waals surface area contributed by atoms with E-state index >= 15 is 0 Å². The van der Waals surface area contributed by atoms with E-state index < -0.39 is 0 Å². The van der Waals surface area contributed by atoms with Gasteiger partial charge in [0.05, 0.1) is 6.26 Å². The van der Waals surface area contributed by atoms with Gasteiger partial charge in [0, 0.05) is 25.6 Å². The highest BCUT2D eigenvalue weighted by Gasteiger charge is 2.01. The van der Waals surface area contributed by atoms with Crippen molar-refractivity contribution in [1.29, 1.82) is 0 Å². The Balaban J connectivity index is 2.15. The number of furan rings is 1. The van der Waals surface area contributed by atoms with Crippen LogP contribution in [0.5, 0.6) is 0 Å². The first kappa shape index (κ1) is 14.0. The second kappa shape index (κ2) is 8.11. The Bertz CT molecular complexity index is 396. The molecule has 0 aliphatic rings. The highest BCUT2D eigenvalue weighted by atomic mass is 16.3. The number of rotatable bonds is 7. The number of hydrogen-bond acceptors (Lipinski definition) is 3. The molecular formula is C13H18N2O3. The third kappa shape index (κ3) is 5.89. The molecule has 0 atom stereocenters. The fourth-order valence-corrected chi connectivity index (χ4v) is 1.25. The highest BCUT2D eigenvalue weighted by molar-refractivity contribution is 5.91. The largest absolute Gasteiger partial charge is 0.465 e. The average molecular weight is 250 g/mol. The summed E-state index contributed by atoms with van der Waals surface area (Å²) in [5.74, 6) is 0.327. The molecule has 5 heteroatoms. The molecule has 0 aliphatic carbocycles. The maximum atomic E-state index is 11.4. The van der Waals surface area contributed by atoms with Gasteiger partial charge >= 0.3 is 0 Å². The van der Waals surface area contributed by atoms with Gasteiger partial charge in [-0.1, -0.05) is 6.92 Å². The van der Waals surface area contributed by atoms with E-state index in [-0.39, 0.29) is 11.8 Å². The van der Waals surface area contributed by atoms with Gasteiger partial charge in [0.1, 0.15) is 5.76 Å². The van der Waals surface area contributed by atoms with Gasteiger partial charge in [0.15, 0.2) is 0 Å². The van der Waals surface area contributed by atoms with Crippen molar-refractivity contribution in [3.05, 3.63) is 30.2 Å². The molecule has 1 rings (SSSR count). The van der Waals surface area contributed by atoms with Gasteiger partial charge in [-0.3, -0.25) is 9.59 Å². The summed E-state index contributed by atoms with van der Waals surface area (Å²) in [6.45, 7) is 2.99. The summed E-state index contributed by atoms with van der Waals surface area (Å²) >= 11 is 0. The smallest absolute Gasteiger partial charge is 0.244 e. The van der Waals surface area contributed by atoms with E-state index in [1.165, 1.54) is 12.3 Å². The number of hydrogen-bond donors (Lipinski definition) is 2. The predicted octanol–water partition coefficient (Wildman–Crippen LogP) is 1.33. The first-order chi connectivity index (χ1) is 8.72.